The van der Waals surface area contributed by atoms with E-state index in [0.29, 0.717) is 0 Å². The molecule has 3 aliphatic rings. The molecule has 0 aromatic heterocycles. The molecule has 10 aromatic carbocycles. The lowest BCUT2D eigenvalue weighted by atomic mass is 9.73. The first-order valence-corrected chi connectivity index (χ1v) is 22.5. The maximum absolute atomic E-state index is 2.53. The van der Waals surface area contributed by atoms with E-state index in [1.54, 1.807) is 0 Å². The van der Waals surface area contributed by atoms with Crippen molar-refractivity contribution >= 4 is 38.6 Å². The third-order valence-electron chi connectivity index (χ3n) is 14.9. The largest absolute Gasteiger partial charge is 0.310 e. The van der Waals surface area contributed by atoms with E-state index in [9.17, 15) is 0 Å². The first-order valence-electron chi connectivity index (χ1n) is 22.5. The SMILES string of the molecule is CC1(C)c2ccccc2-c2cccc(-c3ccccc3N(c3ccc(-c4ccc5c(ccc6ccccc65)c4)cc3)c3ccc4c(c3)C3(CCc5ccccc53)c3ccccc3-4)c21. The monoisotopic (exact) mass is 803 g/mol. The Morgan fingerprint density at radius 3 is 1.81 bits per heavy atom. The molecule has 0 N–H and O–H groups in total. The maximum atomic E-state index is 2.53. The molecule has 1 heteroatoms. The average Bonchev–Trinajstić information content (AvgIpc) is 3.95. The van der Waals surface area contributed by atoms with Crippen molar-refractivity contribution in [1.82, 2.24) is 0 Å². The van der Waals surface area contributed by atoms with Gasteiger partial charge in [-0.05, 0) is 143 Å². The minimum Gasteiger partial charge on any atom is -0.310 e. The topological polar surface area (TPSA) is 3.24 Å². The summed E-state index contributed by atoms with van der Waals surface area (Å²) in [5.74, 6) is 0. The number of nitrogens with zero attached hydrogens (tertiary/aromatic N) is 1. The molecule has 63 heavy (non-hydrogen) atoms. The van der Waals surface area contributed by atoms with Gasteiger partial charge >= 0.3 is 0 Å². The Morgan fingerprint density at radius 2 is 0.968 bits per heavy atom. The van der Waals surface area contributed by atoms with Crippen LogP contribution in [0.1, 0.15) is 53.6 Å². The standard InChI is InChI=1S/C62H45N/c1-61(2)56-23-10-6-18-50(56)53-20-13-21-54(60(53)61)52-19-8-12-25-59(52)63(45-31-28-40(29-32-45)43-30-34-48-44(38-43)27-26-41-14-3-5-16-47(41)48)46-33-35-51-49-17-7-11-24-57(49)62(58(51)39-46)37-36-42-15-4-9-22-55(42)62/h3-35,38-39H,36-37H2,1-2H3. The van der Waals surface area contributed by atoms with Crippen molar-refractivity contribution in [3.63, 3.8) is 0 Å². The van der Waals surface area contributed by atoms with Crippen LogP contribution < -0.4 is 4.90 Å². The fourth-order valence-electron chi connectivity index (χ4n) is 12.1. The third-order valence-corrected chi connectivity index (χ3v) is 14.9. The van der Waals surface area contributed by atoms with Gasteiger partial charge in [0.2, 0.25) is 0 Å². The molecule has 13 rings (SSSR count). The second kappa shape index (κ2) is 13.5. The van der Waals surface area contributed by atoms with Crippen molar-refractivity contribution in [2.75, 3.05) is 4.90 Å². The predicted molar refractivity (Wildman–Crippen MR) is 265 cm³/mol. The van der Waals surface area contributed by atoms with Gasteiger partial charge in [-0.2, -0.15) is 0 Å². The molecule has 0 amide bonds. The summed E-state index contributed by atoms with van der Waals surface area (Å²) in [5.41, 5.74) is 22.0. The predicted octanol–water partition coefficient (Wildman–Crippen LogP) is 16.4. The maximum Gasteiger partial charge on any atom is 0.0540 e. The van der Waals surface area contributed by atoms with Gasteiger partial charge in [-0.15, -0.1) is 0 Å². The Kier molecular flexibility index (Phi) is 7.76. The van der Waals surface area contributed by atoms with Gasteiger partial charge in [0.1, 0.15) is 0 Å². The second-order valence-electron chi connectivity index (χ2n) is 18.4. The van der Waals surface area contributed by atoms with E-state index >= 15 is 0 Å². The second-order valence-corrected chi connectivity index (χ2v) is 18.4. The van der Waals surface area contributed by atoms with Crippen LogP contribution in [0.4, 0.5) is 17.1 Å². The molecule has 1 atom stereocenters. The van der Waals surface area contributed by atoms with E-state index in [4.69, 9.17) is 0 Å². The number of benzene rings is 10. The zero-order valence-corrected chi connectivity index (χ0v) is 35.6. The molecular weight excluding hydrogens is 759 g/mol. The summed E-state index contributed by atoms with van der Waals surface area (Å²) in [6.07, 6.45) is 2.14. The van der Waals surface area contributed by atoms with Gasteiger partial charge in [0.05, 0.1) is 5.69 Å². The summed E-state index contributed by atoms with van der Waals surface area (Å²) < 4.78 is 0. The van der Waals surface area contributed by atoms with E-state index in [-0.39, 0.29) is 10.8 Å². The lowest BCUT2D eigenvalue weighted by Gasteiger charge is -2.32. The van der Waals surface area contributed by atoms with Gasteiger partial charge < -0.3 is 4.90 Å². The van der Waals surface area contributed by atoms with E-state index < -0.39 is 0 Å². The minimum absolute atomic E-state index is 0.157. The van der Waals surface area contributed by atoms with Crippen LogP contribution in [0.5, 0.6) is 0 Å². The summed E-state index contributed by atoms with van der Waals surface area (Å²) in [6.45, 7) is 4.79. The van der Waals surface area contributed by atoms with Crippen molar-refractivity contribution in [2.45, 2.75) is 37.5 Å². The van der Waals surface area contributed by atoms with Crippen LogP contribution in [0.2, 0.25) is 0 Å². The van der Waals surface area contributed by atoms with E-state index in [0.717, 1.165) is 18.5 Å². The van der Waals surface area contributed by atoms with Crippen LogP contribution in [-0.4, -0.2) is 0 Å². The van der Waals surface area contributed by atoms with Crippen LogP contribution >= 0.6 is 0 Å². The Labute approximate surface area is 369 Å². The Hall–Kier alpha value is -7.48. The lowest BCUT2D eigenvalue weighted by molar-refractivity contribution is 0.626. The molecule has 1 nitrogen and oxygen atoms in total. The Balaban J connectivity index is 1.01. The summed E-state index contributed by atoms with van der Waals surface area (Å²) >= 11 is 0. The zero-order chi connectivity index (χ0) is 41.9. The molecule has 298 valence electrons. The smallest absolute Gasteiger partial charge is 0.0540 e. The van der Waals surface area contributed by atoms with Crippen molar-refractivity contribution in [2.24, 2.45) is 0 Å². The molecule has 0 aliphatic heterocycles. The molecule has 0 heterocycles. The molecule has 0 radical (unpaired) electrons. The molecule has 0 saturated heterocycles. The summed E-state index contributed by atoms with van der Waals surface area (Å²) in [4.78, 5) is 2.53. The Bertz CT molecular complexity index is 3500. The molecule has 1 unspecified atom stereocenters. The highest BCUT2D eigenvalue weighted by Crippen LogP contribution is 2.60. The quantitative estimate of drug-likeness (QED) is 0.157. The first-order chi connectivity index (χ1) is 31.0. The number of para-hydroxylation sites is 1. The van der Waals surface area contributed by atoms with Crippen LogP contribution in [0.15, 0.2) is 212 Å². The van der Waals surface area contributed by atoms with Crippen LogP contribution in [0, 0.1) is 0 Å². The number of rotatable bonds is 5. The van der Waals surface area contributed by atoms with Gasteiger partial charge in [-0.1, -0.05) is 190 Å². The minimum atomic E-state index is -0.189. The van der Waals surface area contributed by atoms with Gasteiger partial charge in [0.15, 0.2) is 0 Å². The van der Waals surface area contributed by atoms with Crippen LogP contribution in [-0.2, 0) is 17.3 Å². The molecule has 10 aromatic rings. The Morgan fingerprint density at radius 1 is 0.381 bits per heavy atom. The highest BCUT2D eigenvalue weighted by Gasteiger charge is 2.48. The summed E-state index contributed by atoms with van der Waals surface area (Å²) in [5, 5.41) is 5.11. The van der Waals surface area contributed by atoms with Gasteiger partial charge in [-0.25, -0.2) is 0 Å². The molecule has 0 fully saturated rings. The third kappa shape index (κ3) is 5.17. The van der Waals surface area contributed by atoms with E-state index in [2.05, 4.69) is 231 Å². The lowest BCUT2D eigenvalue weighted by Crippen LogP contribution is -2.24. The zero-order valence-electron chi connectivity index (χ0n) is 35.6. The number of hydrogen-bond acceptors (Lipinski definition) is 1. The number of fused-ring (bicyclic) bond motifs is 13. The molecular formula is C62H45N. The highest BCUT2D eigenvalue weighted by atomic mass is 15.1. The number of anilines is 3. The first kappa shape index (κ1) is 36.2. The van der Waals surface area contributed by atoms with Crippen LogP contribution in [0.3, 0.4) is 0 Å². The summed E-state index contributed by atoms with van der Waals surface area (Å²) in [7, 11) is 0. The average molecular weight is 804 g/mol. The number of hydrogen-bond donors (Lipinski definition) is 0. The van der Waals surface area contributed by atoms with Crippen molar-refractivity contribution < 1.29 is 0 Å². The van der Waals surface area contributed by atoms with Gasteiger partial charge in [0.25, 0.3) is 0 Å². The van der Waals surface area contributed by atoms with Crippen molar-refractivity contribution in [3.05, 3.63) is 246 Å². The molecule has 1 spiro atoms. The fraction of sp³-hybridized carbons (Fsp3) is 0.0968. The number of aryl methyl sites for hydroxylation is 1. The van der Waals surface area contributed by atoms with Gasteiger partial charge in [-0.3, -0.25) is 0 Å². The summed E-state index contributed by atoms with van der Waals surface area (Å²) in [6, 6.07) is 80.0. The van der Waals surface area contributed by atoms with E-state index in [1.807, 2.05) is 0 Å². The molecule has 0 bridgehead atoms. The van der Waals surface area contributed by atoms with Gasteiger partial charge in [0, 0.05) is 27.8 Å². The molecule has 3 aliphatic carbocycles. The fourth-order valence-corrected chi connectivity index (χ4v) is 12.1. The van der Waals surface area contributed by atoms with Crippen LogP contribution in [0.25, 0.3) is 66.1 Å². The highest BCUT2D eigenvalue weighted by molar-refractivity contribution is 6.08. The van der Waals surface area contributed by atoms with Crippen molar-refractivity contribution in [1.29, 1.82) is 0 Å². The normalized spacial score (nSPS) is 16.2. The van der Waals surface area contributed by atoms with E-state index in [1.165, 1.54) is 111 Å². The van der Waals surface area contributed by atoms with Crippen molar-refractivity contribution in [3.8, 4) is 44.5 Å². The molecule has 0 saturated carbocycles.